The molecule has 0 bridgehead atoms. The van der Waals surface area contributed by atoms with Gasteiger partial charge in [0.15, 0.2) is 0 Å². The number of nitrogens with one attached hydrogen (secondary N) is 1. The third-order valence-corrected chi connectivity index (χ3v) is 3.81. The number of fused-ring (bicyclic) bond motifs is 1. The molecule has 2 N–H and O–H groups in total. The molecule has 2 rings (SSSR count). The zero-order chi connectivity index (χ0) is 17.7. The molecule has 1 amide bonds. The van der Waals surface area contributed by atoms with Crippen LogP contribution >= 0.6 is 0 Å². The van der Waals surface area contributed by atoms with E-state index in [4.69, 9.17) is 9.15 Å². The molecular formula is C17H22N2O5. The van der Waals surface area contributed by atoms with Crippen LogP contribution in [0.2, 0.25) is 0 Å². The number of aliphatic carboxylic acids is 1. The highest BCUT2D eigenvalue weighted by atomic mass is 16.5. The van der Waals surface area contributed by atoms with Gasteiger partial charge in [0.2, 0.25) is 5.91 Å². The second-order valence-corrected chi connectivity index (χ2v) is 5.58. The molecule has 1 aromatic carbocycles. The SMILES string of the molecule is COc1ccc2oc(CN(CCNC(C)=O)C(C)C(=O)O)cc2c1. The van der Waals surface area contributed by atoms with Crippen LogP contribution in [0.25, 0.3) is 11.0 Å². The first-order valence-electron chi connectivity index (χ1n) is 7.68. The van der Waals surface area contributed by atoms with E-state index in [9.17, 15) is 14.7 Å². The molecule has 0 saturated heterocycles. The molecule has 0 saturated carbocycles. The van der Waals surface area contributed by atoms with Gasteiger partial charge < -0.3 is 19.6 Å². The summed E-state index contributed by atoms with van der Waals surface area (Å²) in [5, 5.41) is 12.8. The van der Waals surface area contributed by atoms with E-state index in [-0.39, 0.29) is 5.91 Å². The number of carboxylic acids is 1. The predicted octanol–water partition coefficient (Wildman–Crippen LogP) is 1.85. The fraction of sp³-hybridized carbons (Fsp3) is 0.412. The van der Waals surface area contributed by atoms with Crippen molar-refractivity contribution in [2.24, 2.45) is 0 Å². The van der Waals surface area contributed by atoms with Crippen molar-refractivity contribution >= 4 is 22.8 Å². The summed E-state index contributed by atoms with van der Waals surface area (Å²) in [6.07, 6.45) is 0. The highest BCUT2D eigenvalue weighted by molar-refractivity contribution is 5.79. The van der Waals surface area contributed by atoms with E-state index in [0.717, 1.165) is 16.7 Å². The topological polar surface area (TPSA) is 92.0 Å². The van der Waals surface area contributed by atoms with Crippen LogP contribution in [-0.4, -0.2) is 48.1 Å². The zero-order valence-corrected chi connectivity index (χ0v) is 14.0. The number of amides is 1. The number of furan rings is 1. The van der Waals surface area contributed by atoms with E-state index in [1.54, 1.807) is 18.9 Å². The van der Waals surface area contributed by atoms with E-state index in [2.05, 4.69) is 5.32 Å². The Bertz CT molecular complexity index is 725. The largest absolute Gasteiger partial charge is 0.497 e. The number of rotatable bonds is 8. The summed E-state index contributed by atoms with van der Waals surface area (Å²) in [6.45, 7) is 4.16. The molecule has 1 aromatic heterocycles. The molecular weight excluding hydrogens is 312 g/mol. The van der Waals surface area contributed by atoms with Crippen molar-refractivity contribution in [3.63, 3.8) is 0 Å². The maximum atomic E-state index is 11.3. The predicted molar refractivity (Wildman–Crippen MR) is 89.0 cm³/mol. The van der Waals surface area contributed by atoms with Crippen LogP contribution in [0.15, 0.2) is 28.7 Å². The third-order valence-electron chi connectivity index (χ3n) is 3.81. The Morgan fingerprint density at radius 3 is 2.75 bits per heavy atom. The first kappa shape index (κ1) is 17.8. The molecule has 0 aliphatic carbocycles. The molecule has 1 atom stereocenters. The summed E-state index contributed by atoms with van der Waals surface area (Å²) in [6, 6.07) is 6.67. The van der Waals surface area contributed by atoms with Gasteiger partial charge >= 0.3 is 5.97 Å². The molecule has 1 heterocycles. The van der Waals surface area contributed by atoms with Gasteiger partial charge in [0.25, 0.3) is 0 Å². The van der Waals surface area contributed by atoms with Gasteiger partial charge in [0.1, 0.15) is 23.1 Å². The summed E-state index contributed by atoms with van der Waals surface area (Å²) in [5.41, 5.74) is 0.718. The fourth-order valence-electron chi connectivity index (χ4n) is 2.42. The molecule has 24 heavy (non-hydrogen) atoms. The Morgan fingerprint density at radius 2 is 2.12 bits per heavy atom. The second-order valence-electron chi connectivity index (χ2n) is 5.58. The lowest BCUT2D eigenvalue weighted by Crippen LogP contribution is -2.42. The quantitative estimate of drug-likeness (QED) is 0.765. The molecule has 7 heteroatoms. The van der Waals surface area contributed by atoms with Crippen LogP contribution in [0.4, 0.5) is 0 Å². The molecule has 130 valence electrons. The van der Waals surface area contributed by atoms with E-state index in [1.165, 1.54) is 6.92 Å². The Kier molecular flexibility index (Phi) is 5.81. The van der Waals surface area contributed by atoms with Gasteiger partial charge in [-0.15, -0.1) is 0 Å². The van der Waals surface area contributed by atoms with Crippen molar-refractivity contribution < 1.29 is 23.8 Å². The molecule has 0 spiro atoms. The molecule has 0 aliphatic rings. The van der Waals surface area contributed by atoms with E-state index in [0.29, 0.717) is 25.4 Å². The average Bonchev–Trinajstić information content (AvgIpc) is 2.93. The van der Waals surface area contributed by atoms with Crippen molar-refractivity contribution in [3.05, 3.63) is 30.0 Å². The number of carbonyl (C=O) groups excluding carboxylic acids is 1. The van der Waals surface area contributed by atoms with E-state index in [1.807, 2.05) is 24.3 Å². The summed E-state index contributed by atoms with van der Waals surface area (Å²) < 4.78 is 11.0. The van der Waals surface area contributed by atoms with Gasteiger partial charge in [0.05, 0.1) is 13.7 Å². The molecule has 7 nitrogen and oxygen atoms in total. The minimum atomic E-state index is -0.921. The highest BCUT2D eigenvalue weighted by Crippen LogP contribution is 2.25. The Balaban J connectivity index is 2.15. The molecule has 2 aromatic rings. The van der Waals surface area contributed by atoms with Gasteiger partial charge in [-0.05, 0) is 31.2 Å². The Morgan fingerprint density at radius 1 is 1.38 bits per heavy atom. The van der Waals surface area contributed by atoms with Crippen molar-refractivity contribution in [1.29, 1.82) is 0 Å². The summed E-state index contributed by atoms with van der Waals surface area (Å²) in [4.78, 5) is 24.0. The van der Waals surface area contributed by atoms with Crippen LogP contribution in [-0.2, 0) is 16.1 Å². The highest BCUT2D eigenvalue weighted by Gasteiger charge is 2.22. The minimum absolute atomic E-state index is 0.145. The number of carboxylic acid groups (broad SMARTS) is 1. The minimum Gasteiger partial charge on any atom is -0.497 e. The number of nitrogens with zero attached hydrogens (tertiary/aromatic N) is 1. The van der Waals surface area contributed by atoms with E-state index < -0.39 is 12.0 Å². The van der Waals surface area contributed by atoms with Crippen LogP contribution in [0.3, 0.4) is 0 Å². The van der Waals surface area contributed by atoms with Gasteiger partial charge in [-0.3, -0.25) is 14.5 Å². The normalized spacial score (nSPS) is 12.3. The number of methoxy groups -OCH3 is 1. The van der Waals surface area contributed by atoms with Crippen molar-refractivity contribution in [3.8, 4) is 5.75 Å². The first-order chi connectivity index (χ1) is 11.4. The Hall–Kier alpha value is -2.54. The Labute approximate surface area is 140 Å². The standard InChI is InChI=1S/C17H22N2O5/c1-11(17(21)22)19(7-6-18-12(2)20)10-15-9-13-8-14(23-3)4-5-16(13)24-15/h4-5,8-9,11H,6-7,10H2,1-3H3,(H,18,20)(H,21,22). The zero-order valence-electron chi connectivity index (χ0n) is 14.0. The van der Waals surface area contributed by atoms with Gasteiger partial charge in [0, 0.05) is 25.4 Å². The maximum absolute atomic E-state index is 11.3. The van der Waals surface area contributed by atoms with Gasteiger partial charge in [-0.25, -0.2) is 0 Å². The van der Waals surface area contributed by atoms with Crippen molar-refractivity contribution in [2.75, 3.05) is 20.2 Å². The number of hydrogen-bond acceptors (Lipinski definition) is 5. The lowest BCUT2D eigenvalue weighted by molar-refractivity contribution is -0.142. The first-order valence-corrected chi connectivity index (χ1v) is 7.68. The molecule has 0 aliphatic heterocycles. The monoisotopic (exact) mass is 334 g/mol. The summed E-state index contributed by atoms with van der Waals surface area (Å²) in [7, 11) is 1.60. The number of carbonyl (C=O) groups is 2. The smallest absolute Gasteiger partial charge is 0.320 e. The summed E-state index contributed by atoms with van der Waals surface area (Å²) >= 11 is 0. The summed E-state index contributed by atoms with van der Waals surface area (Å²) in [5.74, 6) is 0.329. The van der Waals surface area contributed by atoms with Crippen LogP contribution < -0.4 is 10.1 Å². The van der Waals surface area contributed by atoms with Crippen molar-refractivity contribution in [1.82, 2.24) is 10.2 Å². The van der Waals surface area contributed by atoms with Crippen LogP contribution in [0, 0.1) is 0 Å². The van der Waals surface area contributed by atoms with Crippen molar-refractivity contribution in [2.45, 2.75) is 26.4 Å². The maximum Gasteiger partial charge on any atom is 0.320 e. The third kappa shape index (κ3) is 4.48. The number of ether oxygens (including phenoxy) is 1. The van der Waals surface area contributed by atoms with Crippen LogP contribution in [0.5, 0.6) is 5.75 Å². The second kappa shape index (κ2) is 7.83. The fourth-order valence-corrected chi connectivity index (χ4v) is 2.42. The van der Waals surface area contributed by atoms with Gasteiger partial charge in [-0.2, -0.15) is 0 Å². The number of hydrogen-bond donors (Lipinski definition) is 2. The molecule has 0 fully saturated rings. The van der Waals surface area contributed by atoms with Gasteiger partial charge in [-0.1, -0.05) is 0 Å². The lowest BCUT2D eigenvalue weighted by atomic mass is 10.2. The number of benzene rings is 1. The molecule has 0 radical (unpaired) electrons. The molecule has 1 unspecified atom stereocenters. The average molecular weight is 334 g/mol. The lowest BCUT2D eigenvalue weighted by Gasteiger charge is -2.25. The van der Waals surface area contributed by atoms with E-state index >= 15 is 0 Å². The van der Waals surface area contributed by atoms with Crippen LogP contribution in [0.1, 0.15) is 19.6 Å².